The van der Waals surface area contributed by atoms with Crippen LogP contribution in [-0.2, 0) is 14.3 Å². The highest BCUT2D eigenvalue weighted by Gasteiger charge is 2.20. The summed E-state index contributed by atoms with van der Waals surface area (Å²) in [5.41, 5.74) is 0. The summed E-state index contributed by atoms with van der Waals surface area (Å²) >= 11 is 0. The van der Waals surface area contributed by atoms with E-state index in [2.05, 4.69) is 31.3 Å². The molecule has 1 amide bonds. The van der Waals surface area contributed by atoms with Crippen LogP contribution in [0.4, 0.5) is 0 Å². The molecule has 3 N–H and O–H groups in total. The number of carbonyl (C=O) groups is 2. The molecule has 0 bridgehead atoms. The van der Waals surface area contributed by atoms with Crippen molar-refractivity contribution in [2.75, 3.05) is 13.2 Å². The Labute approximate surface area is 571 Å². The van der Waals surface area contributed by atoms with Gasteiger partial charge in [-0.2, -0.15) is 0 Å². The number of aliphatic hydroxyl groups is 2. The van der Waals surface area contributed by atoms with Gasteiger partial charge in [-0.1, -0.05) is 443 Å². The Balaban J connectivity index is 3.30. The van der Waals surface area contributed by atoms with E-state index in [1.54, 1.807) is 0 Å². The van der Waals surface area contributed by atoms with E-state index in [0.717, 1.165) is 38.5 Å². The molecule has 0 radical (unpaired) electrons. The van der Waals surface area contributed by atoms with Gasteiger partial charge in [0.05, 0.1) is 25.4 Å². The van der Waals surface area contributed by atoms with Gasteiger partial charge in [-0.05, 0) is 51.4 Å². The molecular formula is C85H167NO5. The standard InChI is InChI=1S/C85H167NO5/c1-3-5-7-9-11-13-15-17-19-21-23-39-42-45-49-53-57-61-65-69-73-77-83(88)82(81-87)86-84(89)78-74-70-66-62-58-54-50-46-43-40-37-35-33-31-29-27-25-24-26-28-30-32-34-36-38-41-44-48-52-56-60-64-68-72-76-80-91-85(90)79-75-71-67-63-59-55-51-47-22-20-18-16-14-12-10-8-6-4-2/h20,22,82-83,87-88H,3-19,21,23-81H2,1-2H3,(H,86,89)/b22-20-. The van der Waals surface area contributed by atoms with Gasteiger partial charge in [0, 0.05) is 12.8 Å². The van der Waals surface area contributed by atoms with Gasteiger partial charge >= 0.3 is 5.97 Å². The molecule has 0 aromatic heterocycles. The minimum Gasteiger partial charge on any atom is -0.466 e. The summed E-state index contributed by atoms with van der Waals surface area (Å²) in [4.78, 5) is 24.7. The smallest absolute Gasteiger partial charge is 0.305 e. The quantitative estimate of drug-likeness (QED) is 0.0320. The molecule has 2 atom stereocenters. The number of carbonyl (C=O) groups excluding carboxylic acids is 2. The van der Waals surface area contributed by atoms with Crippen LogP contribution in [0.1, 0.15) is 495 Å². The van der Waals surface area contributed by atoms with Gasteiger partial charge in [0.15, 0.2) is 0 Å². The molecule has 0 fully saturated rings. The minimum atomic E-state index is -0.661. The van der Waals surface area contributed by atoms with Gasteiger partial charge in [-0.3, -0.25) is 9.59 Å². The number of nitrogens with one attached hydrogen (secondary N) is 1. The monoisotopic (exact) mass is 1280 g/mol. The van der Waals surface area contributed by atoms with Crippen LogP contribution in [0.3, 0.4) is 0 Å². The van der Waals surface area contributed by atoms with Crippen LogP contribution in [-0.4, -0.2) is 47.4 Å². The number of esters is 1. The van der Waals surface area contributed by atoms with Crippen molar-refractivity contribution in [1.82, 2.24) is 5.32 Å². The second-order valence-electron chi connectivity index (χ2n) is 29.5. The van der Waals surface area contributed by atoms with E-state index in [9.17, 15) is 19.8 Å². The molecule has 0 saturated carbocycles. The number of allylic oxidation sites excluding steroid dienone is 2. The molecule has 0 aliphatic rings. The lowest BCUT2D eigenvalue weighted by Gasteiger charge is -2.22. The maximum atomic E-state index is 12.6. The van der Waals surface area contributed by atoms with Crippen LogP contribution in [0.5, 0.6) is 0 Å². The molecule has 542 valence electrons. The molecule has 0 aromatic carbocycles. The van der Waals surface area contributed by atoms with Crippen LogP contribution in [0.2, 0.25) is 0 Å². The Bertz CT molecular complexity index is 1380. The number of hydrogen-bond donors (Lipinski definition) is 3. The number of rotatable bonds is 81. The highest BCUT2D eigenvalue weighted by atomic mass is 16.5. The number of ether oxygens (including phenoxy) is 1. The fourth-order valence-corrected chi connectivity index (χ4v) is 13.9. The number of amides is 1. The second kappa shape index (κ2) is 81.0. The zero-order valence-electron chi connectivity index (χ0n) is 62.4. The molecule has 0 aliphatic carbocycles. The van der Waals surface area contributed by atoms with Crippen molar-refractivity contribution < 1.29 is 24.5 Å². The average molecular weight is 1280 g/mol. The highest BCUT2D eigenvalue weighted by Crippen LogP contribution is 2.21. The van der Waals surface area contributed by atoms with Crippen molar-refractivity contribution in [3.63, 3.8) is 0 Å². The van der Waals surface area contributed by atoms with Crippen molar-refractivity contribution in [1.29, 1.82) is 0 Å². The average Bonchev–Trinajstić information content (AvgIpc) is 3.74. The summed E-state index contributed by atoms with van der Waals surface area (Å²) in [6.07, 6.45) is 103. The van der Waals surface area contributed by atoms with E-state index in [0.29, 0.717) is 25.9 Å². The molecule has 91 heavy (non-hydrogen) atoms. The topological polar surface area (TPSA) is 95.9 Å². The van der Waals surface area contributed by atoms with E-state index in [-0.39, 0.29) is 18.5 Å². The van der Waals surface area contributed by atoms with Gasteiger partial charge < -0.3 is 20.3 Å². The Morgan fingerprint density at radius 3 is 0.780 bits per heavy atom. The summed E-state index contributed by atoms with van der Waals surface area (Å²) in [5, 5.41) is 23.5. The largest absolute Gasteiger partial charge is 0.466 e. The lowest BCUT2D eigenvalue weighted by molar-refractivity contribution is -0.143. The maximum absolute atomic E-state index is 12.6. The molecule has 0 spiro atoms. The fraction of sp³-hybridized carbons (Fsp3) is 0.953. The normalized spacial score (nSPS) is 12.4. The predicted molar refractivity (Wildman–Crippen MR) is 403 cm³/mol. The number of aliphatic hydroxyl groups excluding tert-OH is 2. The molecule has 2 unspecified atom stereocenters. The molecule has 0 saturated heterocycles. The minimum absolute atomic E-state index is 0.0211. The third kappa shape index (κ3) is 77.5. The van der Waals surface area contributed by atoms with Crippen LogP contribution >= 0.6 is 0 Å². The SMILES string of the molecule is CCCCCCCCC/C=C\CCCCCCCCCC(=O)OCCCCCCCCCCCCCCCCCCCCCCCCCCCCCCCCCCCCCC(=O)NC(CO)C(O)CCCCCCCCCCCCCCCCCCCCCCC. The Morgan fingerprint density at radius 2 is 0.516 bits per heavy atom. The Hall–Kier alpha value is -1.40. The van der Waals surface area contributed by atoms with Crippen LogP contribution in [0, 0.1) is 0 Å². The van der Waals surface area contributed by atoms with E-state index in [4.69, 9.17) is 4.74 Å². The first-order valence-corrected chi connectivity index (χ1v) is 42.4. The van der Waals surface area contributed by atoms with Crippen LogP contribution in [0.15, 0.2) is 12.2 Å². The zero-order chi connectivity index (χ0) is 65.6. The third-order valence-electron chi connectivity index (χ3n) is 20.3. The molecule has 0 heterocycles. The number of hydrogen-bond acceptors (Lipinski definition) is 5. The second-order valence-corrected chi connectivity index (χ2v) is 29.5. The summed E-state index contributed by atoms with van der Waals surface area (Å²) in [5.74, 6) is -0.00250. The first kappa shape index (κ1) is 89.6. The first-order chi connectivity index (χ1) is 45.0. The first-order valence-electron chi connectivity index (χ1n) is 42.4. The lowest BCUT2D eigenvalue weighted by Crippen LogP contribution is -2.45. The summed E-state index contributed by atoms with van der Waals surface area (Å²) in [6.45, 7) is 5.01. The molecule has 0 aliphatic heterocycles. The van der Waals surface area contributed by atoms with Gasteiger partial charge in [0.2, 0.25) is 5.91 Å². The maximum Gasteiger partial charge on any atom is 0.305 e. The van der Waals surface area contributed by atoms with E-state index in [1.165, 1.54) is 424 Å². The molecule has 0 rings (SSSR count). The summed E-state index contributed by atoms with van der Waals surface area (Å²) in [6, 6.07) is -0.538. The molecule has 6 heteroatoms. The van der Waals surface area contributed by atoms with Gasteiger partial charge in [0.1, 0.15) is 0 Å². The van der Waals surface area contributed by atoms with Gasteiger partial charge in [0.25, 0.3) is 0 Å². The lowest BCUT2D eigenvalue weighted by atomic mass is 10.0. The molecule has 0 aromatic rings. The predicted octanol–water partition coefficient (Wildman–Crippen LogP) is 28.2. The van der Waals surface area contributed by atoms with E-state index >= 15 is 0 Å². The van der Waals surface area contributed by atoms with Crippen molar-refractivity contribution >= 4 is 11.9 Å². The summed E-state index contributed by atoms with van der Waals surface area (Å²) in [7, 11) is 0. The third-order valence-corrected chi connectivity index (χ3v) is 20.3. The van der Waals surface area contributed by atoms with E-state index in [1.807, 2.05) is 0 Å². The summed E-state index contributed by atoms with van der Waals surface area (Å²) < 4.78 is 5.52. The van der Waals surface area contributed by atoms with Crippen molar-refractivity contribution in [2.45, 2.75) is 508 Å². The van der Waals surface area contributed by atoms with Crippen LogP contribution in [0.25, 0.3) is 0 Å². The van der Waals surface area contributed by atoms with Gasteiger partial charge in [-0.25, -0.2) is 0 Å². The van der Waals surface area contributed by atoms with Crippen LogP contribution < -0.4 is 5.32 Å². The Kier molecular flexibility index (Phi) is 79.8. The highest BCUT2D eigenvalue weighted by molar-refractivity contribution is 5.76. The number of unbranched alkanes of at least 4 members (excludes halogenated alkanes) is 68. The van der Waals surface area contributed by atoms with Crippen molar-refractivity contribution in [3.05, 3.63) is 12.2 Å². The Morgan fingerprint density at radius 1 is 0.297 bits per heavy atom. The molecule has 6 nitrogen and oxygen atoms in total. The van der Waals surface area contributed by atoms with Crippen molar-refractivity contribution in [3.8, 4) is 0 Å². The van der Waals surface area contributed by atoms with Crippen molar-refractivity contribution in [2.24, 2.45) is 0 Å². The zero-order valence-corrected chi connectivity index (χ0v) is 62.4. The fourth-order valence-electron chi connectivity index (χ4n) is 13.9. The van der Waals surface area contributed by atoms with E-state index < -0.39 is 12.1 Å². The molecular weight excluding hydrogens is 1110 g/mol. The van der Waals surface area contributed by atoms with Gasteiger partial charge in [-0.15, -0.1) is 0 Å².